The van der Waals surface area contributed by atoms with Crippen LogP contribution in [0.1, 0.15) is 15.9 Å². The first-order valence-corrected chi connectivity index (χ1v) is 9.15. The van der Waals surface area contributed by atoms with Crippen molar-refractivity contribution in [2.45, 2.75) is 6.92 Å². The lowest BCUT2D eigenvalue weighted by molar-refractivity contribution is 0.102. The average molecular weight is 407 g/mol. The van der Waals surface area contributed by atoms with E-state index in [9.17, 15) is 4.79 Å². The molecule has 30 heavy (non-hydrogen) atoms. The number of aromatic amines is 2. The Morgan fingerprint density at radius 1 is 1.00 bits per heavy atom. The Bertz CT molecular complexity index is 1190. The smallest absolute Gasteiger partial charge is 0.259 e. The second-order valence-electron chi connectivity index (χ2n) is 6.63. The highest BCUT2D eigenvalue weighted by Crippen LogP contribution is 2.33. The van der Waals surface area contributed by atoms with E-state index in [0.29, 0.717) is 45.5 Å². The van der Waals surface area contributed by atoms with Crippen LogP contribution in [0.2, 0.25) is 0 Å². The molecule has 4 aromatic rings. The molecule has 0 radical (unpaired) electrons. The predicted octanol–water partition coefficient (Wildman–Crippen LogP) is 3.54. The summed E-state index contributed by atoms with van der Waals surface area (Å²) < 4.78 is 16.0. The van der Waals surface area contributed by atoms with Crippen molar-refractivity contribution in [2.75, 3.05) is 26.6 Å². The number of imidazole rings is 1. The average Bonchev–Trinajstić information content (AvgIpc) is 3.38. The second kappa shape index (κ2) is 7.78. The van der Waals surface area contributed by atoms with E-state index in [1.54, 1.807) is 38.5 Å². The number of amides is 1. The van der Waals surface area contributed by atoms with E-state index in [1.807, 2.05) is 13.0 Å². The number of fused-ring (bicyclic) bond motifs is 1. The molecule has 1 amide bonds. The molecule has 2 aromatic carbocycles. The number of ether oxygens (including phenoxy) is 3. The molecule has 2 heterocycles. The minimum Gasteiger partial charge on any atom is -0.496 e. The summed E-state index contributed by atoms with van der Waals surface area (Å²) in [4.78, 5) is 20.7. The molecule has 154 valence electrons. The van der Waals surface area contributed by atoms with E-state index < -0.39 is 0 Å². The van der Waals surface area contributed by atoms with E-state index in [-0.39, 0.29) is 5.91 Å². The number of hydrogen-bond acceptors (Lipinski definition) is 6. The van der Waals surface area contributed by atoms with Gasteiger partial charge in [0.15, 0.2) is 17.3 Å². The van der Waals surface area contributed by atoms with Crippen LogP contribution in [0.3, 0.4) is 0 Å². The fourth-order valence-corrected chi connectivity index (χ4v) is 3.21. The standard InChI is InChI=1S/C21H21N5O4/c1-11-5-6-16(28-2)12(7-11)21(27)25-15-10-22-26-19(15)20-23-13-8-17(29-3)18(30-4)9-14(13)24-20/h5-10H,1-4H3,(H,22,26)(H,23,24)(H,25,27). The van der Waals surface area contributed by atoms with Gasteiger partial charge in [-0.25, -0.2) is 4.98 Å². The van der Waals surface area contributed by atoms with Crippen LogP contribution in [-0.4, -0.2) is 47.4 Å². The summed E-state index contributed by atoms with van der Waals surface area (Å²) in [5.41, 5.74) is 3.87. The minimum absolute atomic E-state index is 0.308. The lowest BCUT2D eigenvalue weighted by atomic mass is 10.1. The van der Waals surface area contributed by atoms with Crippen LogP contribution >= 0.6 is 0 Å². The molecule has 0 fully saturated rings. The Morgan fingerprint density at radius 3 is 2.47 bits per heavy atom. The molecule has 0 unspecified atom stereocenters. The van der Waals surface area contributed by atoms with Gasteiger partial charge in [-0.3, -0.25) is 9.89 Å². The summed E-state index contributed by atoms with van der Waals surface area (Å²) in [5.74, 6) is 1.87. The highest BCUT2D eigenvalue weighted by Gasteiger charge is 2.19. The number of methoxy groups -OCH3 is 3. The second-order valence-corrected chi connectivity index (χ2v) is 6.63. The molecule has 0 aliphatic heterocycles. The Morgan fingerprint density at radius 2 is 1.73 bits per heavy atom. The number of H-pyrrole nitrogens is 2. The third-order valence-electron chi connectivity index (χ3n) is 4.71. The molecule has 0 spiro atoms. The summed E-state index contributed by atoms with van der Waals surface area (Å²) in [6.07, 6.45) is 1.53. The number of rotatable bonds is 6. The molecule has 9 nitrogen and oxygen atoms in total. The zero-order chi connectivity index (χ0) is 21.3. The van der Waals surface area contributed by atoms with Crippen molar-refractivity contribution in [1.29, 1.82) is 0 Å². The van der Waals surface area contributed by atoms with Gasteiger partial charge in [0.1, 0.15) is 11.4 Å². The SMILES string of the molecule is COc1cc2nc(-c3[nH]ncc3NC(=O)c3cc(C)ccc3OC)[nH]c2cc1OC. The fraction of sp³-hybridized carbons (Fsp3) is 0.190. The maximum absolute atomic E-state index is 12.9. The quantitative estimate of drug-likeness (QED) is 0.450. The van der Waals surface area contributed by atoms with Crippen LogP contribution < -0.4 is 19.5 Å². The third-order valence-corrected chi connectivity index (χ3v) is 4.71. The van der Waals surface area contributed by atoms with Crippen molar-refractivity contribution in [3.8, 4) is 28.8 Å². The number of anilines is 1. The first-order chi connectivity index (χ1) is 14.5. The number of nitrogens with zero attached hydrogens (tertiary/aromatic N) is 2. The van der Waals surface area contributed by atoms with E-state index >= 15 is 0 Å². The molecule has 0 aliphatic rings. The van der Waals surface area contributed by atoms with Gasteiger partial charge in [-0.05, 0) is 19.1 Å². The van der Waals surface area contributed by atoms with E-state index in [0.717, 1.165) is 11.1 Å². The Balaban J connectivity index is 1.68. The molecule has 4 rings (SSSR count). The third kappa shape index (κ3) is 3.41. The summed E-state index contributed by atoms with van der Waals surface area (Å²) in [5, 5.41) is 9.82. The lowest BCUT2D eigenvalue weighted by Gasteiger charge is -2.10. The van der Waals surface area contributed by atoms with Gasteiger partial charge >= 0.3 is 0 Å². The first-order valence-electron chi connectivity index (χ1n) is 9.15. The molecule has 3 N–H and O–H groups in total. The van der Waals surface area contributed by atoms with Gasteiger partial charge in [0, 0.05) is 12.1 Å². The monoisotopic (exact) mass is 407 g/mol. The van der Waals surface area contributed by atoms with E-state index in [4.69, 9.17) is 14.2 Å². The van der Waals surface area contributed by atoms with Crippen molar-refractivity contribution in [3.63, 3.8) is 0 Å². The molecule has 9 heteroatoms. The van der Waals surface area contributed by atoms with Gasteiger partial charge < -0.3 is 24.5 Å². The topological polar surface area (TPSA) is 114 Å². The van der Waals surface area contributed by atoms with Crippen molar-refractivity contribution >= 4 is 22.6 Å². The molecule has 0 bridgehead atoms. The van der Waals surface area contributed by atoms with Gasteiger partial charge in [-0.2, -0.15) is 5.10 Å². The number of aryl methyl sites for hydroxylation is 1. The van der Waals surface area contributed by atoms with Gasteiger partial charge in [-0.15, -0.1) is 0 Å². The minimum atomic E-state index is -0.308. The van der Waals surface area contributed by atoms with Crippen LogP contribution in [0.15, 0.2) is 36.5 Å². The predicted molar refractivity (Wildman–Crippen MR) is 112 cm³/mol. The number of benzene rings is 2. The number of carbonyl (C=O) groups is 1. The summed E-state index contributed by atoms with van der Waals surface area (Å²) >= 11 is 0. The summed E-state index contributed by atoms with van der Waals surface area (Å²) in [6.45, 7) is 1.91. The van der Waals surface area contributed by atoms with Crippen molar-refractivity contribution in [2.24, 2.45) is 0 Å². The first kappa shape index (κ1) is 19.3. The molecule has 0 atom stereocenters. The maximum atomic E-state index is 12.9. The van der Waals surface area contributed by atoms with Crippen LogP contribution in [0.25, 0.3) is 22.6 Å². The number of nitrogens with one attached hydrogen (secondary N) is 3. The Hall–Kier alpha value is -4.01. The number of hydrogen-bond donors (Lipinski definition) is 3. The highest BCUT2D eigenvalue weighted by molar-refractivity contribution is 6.07. The molecule has 0 saturated carbocycles. The molecular formula is C21H21N5O4. The largest absolute Gasteiger partial charge is 0.496 e. The van der Waals surface area contributed by atoms with Crippen LogP contribution in [0.4, 0.5) is 5.69 Å². The van der Waals surface area contributed by atoms with Gasteiger partial charge in [0.2, 0.25) is 0 Å². The molecule has 0 saturated heterocycles. The highest BCUT2D eigenvalue weighted by atomic mass is 16.5. The molecule has 0 aliphatic carbocycles. The number of aromatic nitrogens is 4. The zero-order valence-electron chi connectivity index (χ0n) is 17.0. The van der Waals surface area contributed by atoms with Crippen LogP contribution in [-0.2, 0) is 0 Å². The summed E-state index contributed by atoms with van der Waals surface area (Å²) in [7, 11) is 4.67. The summed E-state index contributed by atoms with van der Waals surface area (Å²) in [6, 6.07) is 9.00. The van der Waals surface area contributed by atoms with Gasteiger partial charge in [-0.1, -0.05) is 11.6 Å². The van der Waals surface area contributed by atoms with E-state index in [1.165, 1.54) is 13.3 Å². The molecular weight excluding hydrogens is 386 g/mol. The van der Waals surface area contributed by atoms with Crippen LogP contribution in [0, 0.1) is 6.92 Å². The maximum Gasteiger partial charge on any atom is 0.259 e. The van der Waals surface area contributed by atoms with E-state index in [2.05, 4.69) is 25.5 Å². The molecule has 2 aromatic heterocycles. The lowest BCUT2D eigenvalue weighted by Crippen LogP contribution is -2.13. The van der Waals surface area contributed by atoms with Crippen molar-refractivity contribution in [1.82, 2.24) is 20.2 Å². The zero-order valence-corrected chi connectivity index (χ0v) is 17.0. The fourth-order valence-electron chi connectivity index (χ4n) is 3.21. The Labute approximate surface area is 172 Å². The van der Waals surface area contributed by atoms with Crippen molar-refractivity contribution in [3.05, 3.63) is 47.7 Å². The Kier molecular flexibility index (Phi) is 5.01. The normalized spacial score (nSPS) is 10.8. The van der Waals surface area contributed by atoms with Crippen LogP contribution in [0.5, 0.6) is 17.2 Å². The van der Waals surface area contributed by atoms with Gasteiger partial charge in [0.05, 0.1) is 49.8 Å². The number of carbonyl (C=O) groups excluding carboxylic acids is 1. The van der Waals surface area contributed by atoms with Gasteiger partial charge in [0.25, 0.3) is 5.91 Å². The van der Waals surface area contributed by atoms with Crippen molar-refractivity contribution < 1.29 is 19.0 Å².